The van der Waals surface area contributed by atoms with E-state index in [-0.39, 0.29) is 25.1 Å². The van der Waals surface area contributed by atoms with Gasteiger partial charge in [0.2, 0.25) is 0 Å². The van der Waals surface area contributed by atoms with Crippen molar-refractivity contribution >= 4 is 11.7 Å². The van der Waals surface area contributed by atoms with Crippen LogP contribution in [0.5, 0.6) is 0 Å². The molecule has 1 aromatic carbocycles. The van der Waals surface area contributed by atoms with Crippen LogP contribution in [0.1, 0.15) is 23.2 Å². The normalized spacial score (nSPS) is 19.7. The molecule has 1 N–H and O–H groups in total. The number of hydrogen-bond donors (Lipinski definition) is 1. The summed E-state index contributed by atoms with van der Waals surface area (Å²) in [5.41, 5.74) is -1.19. The van der Waals surface area contributed by atoms with E-state index in [0.29, 0.717) is 0 Å². The molecule has 0 aliphatic carbocycles. The third-order valence-corrected chi connectivity index (χ3v) is 3.52. The van der Waals surface area contributed by atoms with Crippen molar-refractivity contribution in [3.05, 3.63) is 29.3 Å². The van der Waals surface area contributed by atoms with E-state index in [0.717, 1.165) is 17.0 Å². The molecule has 1 saturated heterocycles. The Bertz CT molecular complexity index is 558. The number of carboxylic acid groups (broad SMARTS) is 1. The van der Waals surface area contributed by atoms with Crippen LogP contribution in [0.2, 0.25) is 0 Å². The lowest BCUT2D eigenvalue weighted by molar-refractivity contribution is -0.176. The number of piperidine rings is 1. The molecule has 3 nitrogen and oxygen atoms in total. The van der Waals surface area contributed by atoms with Gasteiger partial charge in [-0.3, -0.25) is 0 Å². The second kappa shape index (κ2) is 5.50. The van der Waals surface area contributed by atoms with Crippen LogP contribution in [0, 0.1) is 17.6 Å². The predicted octanol–water partition coefficient (Wildman–Crippen LogP) is 3.44. The van der Waals surface area contributed by atoms with Crippen LogP contribution < -0.4 is 4.90 Å². The third-order valence-electron chi connectivity index (χ3n) is 3.52. The molecule has 1 atom stereocenters. The van der Waals surface area contributed by atoms with Gasteiger partial charge in [0.05, 0.1) is 17.2 Å². The van der Waals surface area contributed by atoms with E-state index in [1.807, 2.05) is 0 Å². The second-order valence-electron chi connectivity index (χ2n) is 4.89. The van der Waals surface area contributed by atoms with Crippen molar-refractivity contribution in [2.45, 2.75) is 19.0 Å². The Labute approximate surface area is 117 Å². The van der Waals surface area contributed by atoms with Crippen molar-refractivity contribution in [2.75, 3.05) is 18.0 Å². The highest BCUT2D eigenvalue weighted by molar-refractivity contribution is 5.88. The molecule has 1 aliphatic rings. The maximum Gasteiger partial charge on any atom is 0.393 e. The zero-order valence-corrected chi connectivity index (χ0v) is 10.8. The predicted molar refractivity (Wildman–Crippen MR) is 64.3 cm³/mol. The number of carbonyl (C=O) groups is 1. The van der Waals surface area contributed by atoms with E-state index < -0.39 is 41.8 Å². The summed E-state index contributed by atoms with van der Waals surface area (Å²) in [6, 6.07) is 1.86. The Morgan fingerprint density at radius 1 is 1.24 bits per heavy atom. The lowest BCUT2D eigenvalue weighted by Gasteiger charge is -2.35. The summed E-state index contributed by atoms with van der Waals surface area (Å²) in [7, 11) is 0. The molecule has 2 rings (SSSR count). The standard InChI is InChI=1S/C13H12F5NO2/c14-10-8(12(20)21)3-4-9(11(10)15)19-5-1-2-7(6-19)13(16,17)18/h3-4,7H,1-2,5-6H2,(H,20,21). The smallest absolute Gasteiger partial charge is 0.393 e. The van der Waals surface area contributed by atoms with Crippen LogP contribution in [0.25, 0.3) is 0 Å². The fraction of sp³-hybridized carbons (Fsp3) is 0.462. The maximum absolute atomic E-state index is 13.9. The summed E-state index contributed by atoms with van der Waals surface area (Å²) < 4.78 is 65.6. The Kier molecular flexibility index (Phi) is 4.06. The Balaban J connectivity index is 2.30. The molecule has 1 heterocycles. The SMILES string of the molecule is O=C(O)c1ccc(N2CCCC(C(F)(F)F)C2)c(F)c1F. The quantitative estimate of drug-likeness (QED) is 0.851. The van der Waals surface area contributed by atoms with Crippen LogP contribution in [0.15, 0.2) is 12.1 Å². The molecule has 0 bridgehead atoms. The maximum atomic E-state index is 13.9. The molecule has 1 aromatic rings. The molecule has 1 fully saturated rings. The van der Waals surface area contributed by atoms with Crippen molar-refractivity contribution < 1.29 is 31.9 Å². The molecule has 0 radical (unpaired) electrons. The minimum atomic E-state index is -4.39. The number of benzene rings is 1. The van der Waals surface area contributed by atoms with E-state index >= 15 is 0 Å². The van der Waals surface area contributed by atoms with Gasteiger partial charge in [0.1, 0.15) is 0 Å². The third kappa shape index (κ3) is 3.08. The van der Waals surface area contributed by atoms with Crippen LogP contribution in [-0.2, 0) is 0 Å². The van der Waals surface area contributed by atoms with E-state index in [2.05, 4.69) is 0 Å². The van der Waals surface area contributed by atoms with E-state index in [9.17, 15) is 26.7 Å². The molecule has 0 saturated carbocycles. The van der Waals surface area contributed by atoms with Crippen LogP contribution in [0.4, 0.5) is 27.6 Å². The Morgan fingerprint density at radius 3 is 2.48 bits per heavy atom. The molecule has 0 spiro atoms. The highest BCUT2D eigenvalue weighted by atomic mass is 19.4. The topological polar surface area (TPSA) is 40.5 Å². The van der Waals surface area contributed by atoms with Crippen molar-refractivity contribution in [3.63, 3.8) is 0 Å². The molecule has 8 heteroatoms. The molecule has 116 valence electrons. The average molecular weight is 309 g/mol. The zero-order chi connectivity index (χ0) is 15.8. The van der Waals surface area contributed by atoms with Gasteiger partial charge in [-0.25, -0.2) is 13.6 Å². The van der Waals surface area contributed by atoms with E-state index in [4.69, 9.17) is 5.11 Å². The van der Waals surface area contributed by atoms with Gasteiger partial charge >= 0.3 is 12.1 Å². The Hall–Kier alpha value is -1.86. The number of hydrogen-bond acceptors (Lipinski definition) is 2. The Morgan fingerprint density at radius 2 is 1.90 bits per heavy atom. The molecule has 1 aliphatic heterocycles. The monoisotopic (exact) mass is 309 g/mol. The number of carboxylic acids is 1. The van der Waals surface area contributed by atoms with Gasteiger partial charge in [-0.2, -0.15) is 13.2 Å². The molecule has 0 aromatic heterocycles. The average Bonchev–Trinajstić information content (AvgIpc) is 2.40. The summed E-state index contributed by atoms with van der Waals surface area (Å²) in [5.74, 6) is -6.23. The summed E-state index contributed by atoms with van der Waals surface area (Å²) >= 11 is 0. The fourth-order valence-electron chi connectivity index (χ4n) is 2.41. The summed E-state index contributed by atoms with van der Waals surface area (Å²) in [6.45, 7) is -0.304. The molecular weight excluding hydrogens is 297 g/mol. The van der Waals surface area contributed by atoms with Gasteiger partial charge in [-0.15, -0.1) is 0 Å². The summed E-state index contributed by atoms with van der Waals surface area (Å²) in [4.78, 5) is 11.8. The highest BCUT2D eigenvalue weighted by Crippen LogP contribution is 2.36. The molecule has 21 heavy (non-hydrogen) atoms. The van der Waals surface area contributed by atoms with Crippen molar-refractivity contribution in [1.82, 2.24) is 0 Å². The van der Waals surface area contributed by atoms with Gasteiger partial charge in [0.15, 0.2) is 11.6 Å². The highest BCUT2D eigenvalue weighted by Gasteiger charge is 2.42. The minimum Gasteiger partial charge on any atom is -0.478 e. The van der Waals surface area contributed by atoms with Crippen molar-refractivity contribution in [1.29, 1.82) is 0 Å². The number of halogens is 5. The van der Waals surface area contributed by atoms with E-state index in [1.54, 1.807) is 0 Å². The molecule has 1 unspecified atom stereocenters. The number of alkyl halides is 3. The number of aromatic carboxylic acids is 1. The first kappa shape index (κ1) is 15.5. The number of nitrogens with zero attached hydrogens (tertiary/aromatic N) is 1. The summed E-state index contributed by atoms with van der Waals surface area (Å²) in [5, 5.41) is 8.67. The minimum absolute atomic E-state index is 0.0582. The molecular formula is C13H12F5NO2. The van der Waals surface area contributed by atoms with Gasteiger partial charge in [-0.05, 0) is 25.0 Å². The van der Waals surface area contributed by atoms with Gasteiger partial charge in [-0.1, -0.05) is 0 Å². The van der Waals surface area contributed by atoms with Crippen molar-refractivity contribution in [2.24, 2.45) is 5.92 Å². The van der Waals surface area contributed by atoms with Gasteiger partial charge < -0.3 is 10.0 Å². The summed E-state index contributed by atoms with van der Waals surface area (Å²) in [6.07, 6.45) is -4.25. The second-order valence-corrected chi connectivity index (χ2v) is 4.89. The zero-order valence-electron chi connectivity index (χ0n) is 10.8. The van der Waals surface area contributed by atoms with Gasteiger partial charge in [0.25, 0.3) is 0 Å². The lowest BCUT2D eigenvalue weighted by Crippen LogP contribution is -2.42. The number of rotatable bonds is 2. The number of anilines is 1. The van der Waals surface area contributed by atoms with Crippen LogP contribution in [-0.4, -0.2) is 30.3 Å². The lowest BCUT2D eigenvalue weighted by atomic mass is 9.97. The van der Waals surface area contributed by atoms with Crippen molar-refractivity contribution in [3.8, 4) is 0 Å². The van der Waals surface area contributed by atoms with Crippen LogP contribution in [0.3, 0.4) is 0 Å². The fourth-order valence-corrected chi connectivity index (χ4v) is 2.41. The molecule has 0 amide bonds. The largest absolute Gasteiger partial charge is 0.478 e. The first-order valence-corrected chi connectivity index (χ1v) is 6.24. The first-order chi connectivity index (χ1) is 9.71. The van der Waals surface area contributed by atoms with Crippen LogP contribution >= 0.6 is 0 Å². The van der Waals surface area contributed by atoms with E-state index in [1.165, 1.54) is 0 Å². The van der Waals surface area contributed by atoms with Gasteiger partial charge in [0, 0.05) is 13.1 Å². The first-order valence-electron chi connectivity index (χ1n) is 6.24.